The minimum absolute atomic E-state index is 0. The van der Waals surface area contributed by atoms with Crippen molar-refractivity contribution in [1.82, 2.24) is 10.6 Å². The Morgan fingerprint density at radius 1 is 1.29 bits per heavy atom. The Morgan fingerprint density at radius 2 is 2.00 bits per heavy atom. The van der Waals surface area contributed by atoms with Crippen molar-refractivity contribution < 1.29 is 14.4 Å². The summed E-state index contributed by atoms with van der Waals surface area (Å²) in [5, 5.41) is 7.79. The summed E-state index contributed by atoms with van der Waals surface area (Å²) >= 11 is 0. The number of fused-ring (bicyclic) bond motifs is 1. The van der Waals surface area contributed by atoms with E-state index in [0.29, 0.717) is 19.3 Å². The van der Waals surface area contributed by atoms with Crippen LogP contribution in [0.25, 0.3) is 0 Å². The highest BCUT2D eigenvalue weighted by atomic mass is 16.2. The van der Waals surface area contributed by atoms with Gasteiger partial charge in [-0.25, -0.2) is 4.79 Å². The normalized spacial score (nSPS) is 22.3. The number of amides is 4. The predicted molar refractivity (Wildman–Crippen MR) is 77.9 cm³/mol. The van der Waals surface area contributed by atoms with Gasteiger partial charge in [0.15, 0.2) is 0 Å². The zero-order valence-corrected chi connectivity index (χ0v) is 11.7. The highest BCUT2D eigenvalue weighted by molar-refractivity contribution is 6.07. The maximum atomic E-state index is 11.9. The molecule has 3 rings (SSSR count). The minimum atomic E-state index is -0.854. The van der Waals surface area contributed by atoms with Crippen LogP contribution in [-0.2, 0) is 22.4 Å². The molecule has 7 heteroatoms. The maximum absolute atomic E-state index is 11.9. The van der Waals surface area contributed by atoms with E-state index in [2.05, 4.69) is 16.0 Å². The molecular weight excluding hydrogens is 269 g/mol. The number of urea groups is 1. The lowest BCUT2D eigenvalue weighted by Gasteiger charge is -2.18. The molecule has 3 radical (unpaired) electrons. The second-order valence-corrected chi connectivity index (χ2v) is 5.23. The van der Waals surface area contributed by atoms with Gasteiger partial charge in [0.05, 0.1) is 0 Å². The first kappa shape index (κ1) is 15.1. The summed E-state index contributed by atoms with van der Waals surface area (Å²) in [5.41, 5.74) is 1.87. The van der Waals surface area contributed by atoms with Crippen LogP contribution in [0.5, 0.6) is 0 Å². The maximum Gasteiger partial charge on any atom is 0.322 e. The van der Waals surface area contributed by atoms with Crippen LogP contribution in [0, 0.1) is 0 Å². The average molecular weight is 284 g/mol. The molecule has 1 aliphatic carbocycles. The van der Waals surface area contributed by atoms with E-state index in [1.165, 1.54) is 0 Å². The molecule has 21 heavy (non-hydrogen) atoms. The van der Waals surface area contributed by atoms with E-state index in [0.717, 1.165) is 16.8 Å². The molecule has 1 heterocycles. The molecule has 1 aromatic rings. The summed E-state index contributed by atoms with van der Waals surface area (Å²) < 4.78 is 0. The molecule has 107 valence electrons. The fraction of sp³-hybridized carbons (Fsp3) is 0.357. The van der Waals surface area contributed by atoms with Crippen LogP contribution in [0.3, 0.4) is 0 Å². The number of hydrogen-bond donors (Lipinski definition) is 3. The molecule has 6 nitrogen and oxygen atoms in total. The van der Waals surface area contributed by atoms with Crippen LogP contribution in [-0.4, -0.2) is 31.8 Å². The number of rotatable bonds is 2. The summed E-state index contributed by atoms with van der Waals surface area (Å²) in [4.78, 5) is 34.6. The van der Waals surface area contributed by atoms with Gasteiger partial charge in [-0.3, -0.25) is 14.9 Å². The van der Waals surface area contributed by atoms with E-state index in [1.54, 1.807) is 6.92 Å². The number of nitrogens with one attached hydrogen (secondary N) is 3. The molecule has 0 bridgehead atoms. The van der Waals surface area contributed by atoms with E-state index in [1.807, 2.05) is 18.2 Å². The summed E-state index contributed by atoms with van der Waals surface area (Å²) in [5.74, 6) is -0.331. The molecule has 4 amide bonds. The molecule has 0 aromatic heterocycles. The van der Waals surface area contributed by atoms with Gasteiger partial charge in [0.25, 0.3) is 5.91 Å². The molecule has 1 atom stereocenters. The van der Waals surface area contributed by atoms with E-state index >= 15 is 0 Å². The fourth-order valence-corrected chi connectivity index (χ4v) is 2.78. The predicted octanol–water partition coefficient (Wildman–Crippen LogP) is 0.331. The van der Waals surface area contributed by atoms with Gasteiger partial charge in [-0.1, -0.05) is 13.0 Å². The van der Waals surface area contributed by atoms with Crippen LogP contribution in [0.1, 0.15) is 24.5 Å². The smallest absolute Gasteiger partial charge is 0.322 e. The van der Waals surface area contributed by atoms with Crippen LogP contribution in [0.2, 0.25) is 0 Å². The first-order chi connectivity index (χ1) is 9.52. The second kappa shape index (κ2) is 5.23. The summed E-state index contributed by atoms with van der Waals surface area (Å²) in [7, 11) is 0. The number of carbonyl (C=O) groups is 3. The van der Waals surface area contributed by atoms with Gasteiger partial charge in [0, 0.05) is 33.4 Å². The van der Waals surface area contributed by atoms with Gasteiger partial charge in [0.2, 0.25) is 5.91 Å². The van der Waals surface area contributed by atoms with Gasteiger partial charge in [0.1, 0.15) is 5.54 Å². The molecule has 3 N–H and O–H groups in total. The molecule has 0 saturated carbocycles. The molecular formula is C14H15BN3O3. The number of carbonyl (C=O) groups excluding carboxylic acids is 3. The number of hydrogen-bond acceptors (Lipinski definition) is 3. The van der Waals surface area contributed by atoms with Crippen LogP contribution >= 0.6 is 0 Å². The quantitative estimate of drug-likeness (QED) is 0.540. The lowest BCUT2D eigenvalue weighted by Crippen LogP contribution is -2.47. The van der Waals surface area contributed by atoms with Gasteiger partial charge < -0.3 is 10.6 Å². The number of anilines is 1. The van der Waals surface area contributed by atoms with Crippen molar-refractivity contribution in [3.05, 3.63) is 29.3 Å². The summed E-state index contributed by atoms with van der Waals surface area (Å²) in [6.07, 6.45) is 1.36. The Kier molecular flexibility index (Phi) is 3.76. The van der Waals surface area contributed by atoms with Crippen LogP contribution in [0.4, 0.5) is 10.5 Å². The molecule has 1 fully saturated rings. The molecule has 1 saturated heterocycles. The third-order valence-corrected chi connectivity index (χ3v) is 3.81. The van der Waals surface area contributed by atoms with Crippen molar-refractivity contribution in [3.63, 3.8) is 0 Å². The second-order valence-electron chi connectivity index (χ2n) is 5.23. The lowest BCUT2D eigenvalue weighted by atomic mass is 9.96. The standard InChI is InChI=1S/C14H15N3O3.B/c1-2-11(18)15-10-4-3-8-6-14(7-9(8)5-10)12(19)16-13(20)17-14;/h3-5H,2,6-7H2,1H3,(H,15,18)(H2,16,17,19,20);. The van der Waals surface area contributed by atoms with Gasteiger partial charge in [-0.2, -0.15) is 0 Å². The molecule has 1 aliphatic heterocycles. The monoisotopic (exact) mass is 284 g/mol. The molecule has 2 aliphatic rings. The SMILES string of the molecule is CCC(=O)Nc1ccc2c(c1)CC1(C2)NC(=O)NC1=O.[B]. The van der Waals surface area contributed by atoms with Crippen molar-refractivity contribution in [2.24, 2.45) is 0 Å². The molecule has 1 aromatic carbocycles. The number of imide groups is 1. The van der Waals surface area contributed by atoms with Crippen molar-refractivity contribution in [2.75, 3.05) is 5.32 Å². The Labute approximate surface area is 124 Å². The first-order valence-corrected chi connectivity index (χ1v) is 6.58. The Bertz CT molecular complexity index is 632. The molecule has 1 spiro atoms. The largest absolute Gasteiger partial charge is 0.326 e. The topological polar surface area (TPSA) is 87.3 Å². The fourth-order valence-electron chi connectivity index (χ4n) is 2.78. The molecule has 1 unspecified atom stereocenters. The van der Waals surface area contributed by atoms with Crippen molar-refractivity contribution >= 4 is 31.9 Å². The van der Waals surface area contributed by atoms with Crippen molar-refractivity contribution in [1.29, 1.82) is 0 Å². The average Bonchev–Trinajstić information content (AvgIpc) is 2.89. The van der Waals surface area contributed by atoms with Gasteiger partial charge in [-0.15, -0.1) is 0 Å². The van der Waals surface area contributed by atoms with Crippen molar-refractivity contribution in [2.45, 2.75) is 31.7 Å². The van der Waals surface area contributed by atoms with Gasteiger partial charge >= 0.3 is 6.03 Å². The number of benzene rings is 1. The Balaban J connectivity index is 0.00000161. The third-order valence-electron chi connectivity index (χ3n) is 3.81. The van der Waals surface area contributed by atoms with E-state index in [4.69, 9.17) is 0 Å². The Hall–Kier alpha value is -2.31. The zero-order chi connectivity index (χ0) is 14.3. The van der Waals surface area contributed by atoms with E-state index < -0.39 is 11.6 Å². The lowest BCUT2D eigenvalue weighted by molar-refractivity contribution is -0.123. The highest BCUT2D eigenvalue weighted by Gasteiger charge is 2.49. The summed E-state index contributed by atoms with van der Waals surface area (Å²) in [6.45, 7) is 1.79. The van der Waals surface area contributed by atoms with E-state index in [9.17, 15) is 14.4 Å². The highest BCUT2D eigenvalue weighted by Crippen LogP contribution is 2.33. The first-order valence-electron chi connectivity index (χ1n) is 6.58. The van der Waals surface area contributed by atoms with E-state index in [-0.39, 0.29) is 20.2 Å². The minimum Gasteiger partial charge on any atom is -0.326 e. The summed E-state index contributed by atoms with van der Waals surface area (Å²) in [6, 6.07) is 5.14. The Morgan fingerprint density at radius 3 is 2.62 bits per heavy atom. The third kappa shape index (κ3) is 2.51. The zero-order valence-electron chi connectivity index (χ0n) is 11.7. The van der Waals surface area contributed by atoms with Crippen LogP contribution < -0.4 is 16.0 Å². The van der Waals surface area contributed by atoms with Crippen molar-refractivity contribution in [3.8, 4) is 0 Å². The van der Waals surface area contributed by atoms with Gasteiger partial charge in [-0.05, 0) is 23.3 Å². The van der Waals surface area contributed by atoms with Crippen LogP contribution in [0.15, 0.2) is 18.2 Å².